The number of benzene rings is 2. The number of ether oxygens (including phenoxy) is 2. The number of nitriles is 1. The number of hydrogen-bond donors (Lipinski definition) is 3. The molecule has 0 saturated carbocycles. The molecule has 6 bridgehead atoms. The number of hydrogen-bond acceptors (Lipinski definition) is 15. The van der Waals surface area contributed by atoms with Crippen molar-refractivity contribution in [2.75, 3.05) is 72.0 Å². The van der Waals surface area contributed by atoms with E-state index < -0.39 is 72.2 Å². The third kappa shape index (κ3) is 12.0. The van der Waals surface area contributed by atoms with Gasteiger partial charge in [-0.3, -0.25) is 29.2 Å². The number of methoxy groups -OCH3 is 1. The maximum atomic E-state index is 15.3. The number of likely N-dealkylation sites (N-methyl/N-ethyl adjacent to an activating group) is 2. The van der Waals surface area contributed by atoms with E-state index in [1.165, 1.54) is 16.0 Å². The summed E-state index contributed by atoms with van der Waals surface area (Å²) < 4.78 is 45.9. The van der Waals surface area contributed by atoms with Gasteiger partial charge in [0, 0.05) is 101 Å². The number of likely N-dealkylation sites (tertiary alicyclic amines) is 1. The zero-order valence-electron chi connectivity index (χ0n) is 46.5. The maximum absolute atomic E-state index is 15.3. The van der Waals surface area contributed by atoms with Gasteiger partial charge in [-0.2, -0.15) is 15.0 Å². The highest BCUT2D eigenvalue weighted by molar-refractivity contribution is 5.96. The molecule has 0 spiro atoms. The Hall–Kier alpha value is -7.55. The summed E-state index contributed by atoms with van der Waals surface area (Å²) in [7, 11) is 4.85. The molecule has 4 amide bonds. The van der Waals surface area contributed by atoms with Gasteiger partial charge in [0.2, 0.25) is 11.8 Å². The molecule has 1 unspecified atom stereocenters. The van der Waals surface area contributed by atoms with Crippen LogP contribution in [-0.2, 0) is 54.5 Å². The normalized spacial score (nSPS) is 20.8. The number of halogens is 2. The number of aromatic hydroxyl groups is 1. The monoisotopic (exact) mass is 1100 g/mol. The van der Waals surface area contributed by atoms with Gasteiger partial charge < -0.3 is 44.1 Å². The molecule has 5 atom stereocenters. The van der Waals surface area contributed by atoms with Crippen LogP contribution >= 0.6 is 0 Å². The third-order valence-electron chi connectivity index (χ3n) is 16.0. The molecule has 0 radical (unpaired) electrons. The number of hydrazine groups is 1. The van der Waals surface area contributed by atoms with Gasteiger partial charge in [-0.15, -0.1) is 0 Å². The van der Waals surface area contributed by atoms with Crippen molar-refractivity contribution >= 4 is 46.3 Å². The Labute approximate surface area is 463 Å². The fourth-order valence-corrected chi connectivity index (χ4v) is 11.6. The van der Waals surface area contributed by atoms with Crippen LogP contribution < -0.4 is 15.6 Å². The lowest BCUT2D eigenvalue weighted by atomic mass is 9.84. The number of alkyl halides is 2. The Morgan fingerprint density at radius 3 is 2.51 bits per heavy atom. The molecule has 7 heterocycles. The number of carbonyl (C=O) groups excluding carboxylic acids is 5. The zero-order valence-corrected chi connectivity index (χ0v) is 46.5. The van der Waals surface area contributed by atoms with Gasteiger partial charge in [-0.25, -0.2) is 24.0 Å². The predicted molar refractivity (Wildman–Crippen MR) is 292 cm³/mol. The highest BCUT2D eigenvalue weighted by Gasteiger charge is 2.42. The minimum absolute atomic E-state index is 0.00678. The van der Waals surface area contributed by atoms with E-state index in [0.29, 0.717) is 60.2 Å². The minimum Gasteiger partial charge on any atom is -0.508 e. The summed E-state index contributed by atoms with van der Waals surface area (Å²) in [4.78, 5) is 86.4. The zero-order chi connectivity index (χ0) is 57.2. The molecule has 5 aromatic rings. The van der Waals surface area contributed by atoms with Crippen molar-refractivity contribution < 1.29 is 47.3 Å². The van der Waals surface area contributed by atoms with Crippen molar-refractivity contribution in [1.82, 2.24) is 54.8 Å². The highest BCUT2D eigenvalue weighted by Crippen LogP contribution is 2.43. The second-order valence-corrected chi connectivity index (χ2v) is 22.2. The topological polar surface area (TPSA) is 237 Å². The number of esters is 1. The first-order valence-corrected chi connectivity index (χ1v) is 27.4. The van der Waals surface area contributed by atoms with Crippen LogP contribution in [0.2, 0.25) is 0 Å². The molecule has 2 aromatic carbocycles. The smallest absolute Gasteiger partial charge is 0.346 e. The first-order valence-electron chi connectivity index (χ1n) is 27.4. The number of amides is 4. The SMILES string of the molecule is CCn1c(-c2cc(N3CCN(C)CC3)cnc2[C@H](C)OC)c2c3cc(ccc31)-c1cc(O)cc(c1)C[C@H](NC(=O)[C@H](C(F)F)N(C)C(=O)CC1CCCN1C(=O)n1ncnc1CC#N)C(=O)N1CCC[C@H](N1)C(=O)OCC(C)(C)C2. The molecule has 23 heteroatoms. The Kier molecular flexibility index (Phi) is 17.2. The molecule has 0 aliphatic carbocycles. The summed E-state index contributed by atoms with van der Waals surface area (Å²) in [5.41, 5.74) is 9.57. The van der Waals surface area contributed by atoms with Crippen molar-refractivity contribution in [3.8, 4) is 34.2 Å². The van der Waals surface area contributed by atoms with Gasteiger partial charge in [0.15, 0.2) is 11.9 Å². The number of aromatic nitrogens is 5. The van der Waals surface area contributed by atoms with Crippen LogP contribution in [0.4, 0.5) is 19.3 Å². The Bertz CT molecular complexity index is 3180. The fraction of sp³-hybridized carbons (Fsp3) is 0.526. The average molecular weight is 1100 g/mol. The van der Waals surface area contributed by atoms with Crippen LogP contribution in [0, 0.1) is 16.7 Å². The number of phenolic OH excluding ortho intramolecular Hbond substituents is 1. The molecule has 3 fully saturated rings. The highest BCUT2D eigenvalue weighted by atomic mass is 19.3. The number of fused-ring (bicyclic) bond motifs is 6. The Morgan fingerprint density at radius 1 is 1.02 bits per heavy atom. The fourth-order valence-electron chi connectivity index (χ4n) is 11.6. The van der Waals surface area contributed by atoms with Crippen LogP contribution in [0.25, 0.3) is 33.3 Å². The largest absolute Gasteiger partial charge is 0.508 e. The van der Waals surface area contributed by atoms with Crippen molar-refractivity contribution in [3.63, 3.8) is 0 Å². The number of cyclic esters (lactones) is 1. The van der Waals surface area contributed by atoms with E-state index in [4.69, 9.17) is 14.5 Å². The quantitative estimate of drug-likeness (QED) is 0.131. The van der Waals surface area contributed by atoms with E-state index in [2.05, 4.69) is 61.3 Å². The van der Waals surface area contributed by atoms with E-state index in [0.717, 1.165) is 83.3 Å². The van der Waals surface area contributed by atoms with Crippen molar-refractivity contribution in [1.29, 1.82) is 5.26 Å². The van der Waals surface area contributed by atoms with Gasteiger partial charge in [0.25, 0.3) is 12.3 Å². The molecular formula is C57H71F2N13O8. The number of pyridine rings is 1. The Balaban J connectivity index is 1.08. The molecular weight excluding hydrogens is 1030 g/mol. The summed E-state index contributed by atoms with van der Waals surface area (Å²) in [6.07, 6.45) is 0.371. The number of nitrogens with zero attached hydrogens (tertiary/aromatic N) is 11. The van der Waals surface area contributed by atoms with Crippen LogP contribution in [0.1, 0.15) is 88.5 Å². The maximum Gasteiger partial charge on any atom is 0.346 e. The standard InChI is InChI=1S/C57H71F2N13O8/c1-8-69-46-14-13-36-27-41(46)43(50(69)42-28-39(31-61-49(42)34(2)79-7)68-21-19-66(5)20-22-68)30-57(3,4)32-80-55(77)44-12-10-18-71(65-44)54(76)45(25-35-23-37(36)26-40(73)24-35)64-53(75)51(52(58)59)67(6)48(74)29-38-11-9-17-70(38)56(78)72-47(15-16-60)62-33-63-72/h13-14,23-24,26-28,31,33-34,38,44-45,51-52,65,73H,8-12,15,17-22,25,29-30,32H2,1-7H3,(H,64,75)/t34-,38?,44-,45-,51-/m0/s1. The van der Waals surface area contributed by atoms with Crippen LogP contribution in [0.3, 0.4) is 0 Å². The first-order chi connectivity index (χ1) is 38.3. The van der Waals surface area contributed by atoms with Crippen molar-refractivity contribution in [2.24, 2.45) is 5.41 Å². The number of phenols is 1. The lowest BCUT2D eigenvalue weighted by Gasteiger charge is -2.36. The number of nitrogens with one attached hydrogen (secondary N) is 2. The molecule has 4 aliphatic rings. The minimum atomic E-state index is -3.41. The lowest BCUT2D eigenvalue weighted by molar-refractivity contribution is -0.155. The number of piperazine rings is 1. The second kappa shape index (κ2) is 24.0. The number of aryl methyl sites for hydroxylation is 1. The van der Waals surface area contributed by atoms with Gasteiger partial charge in [0.05, 0.1) is 48.5 Å². The number of carbonyl (C=O) groups is 5. The van der Waals surface area contributed by atoms with Crippen LogP contribution in [0.5, 0.6) is 5.75 Å². The van der Waals surface area contributed by atoms with Crippen molar-refractivity contribution in [2.45, 2.75) is 122 Å². The van der Waals surface area contributed by atoms with Gasteiger partial charge in [0.1, 0.15) is 24.2 Å². The Morgan fingerprint density at radius 2 is 1.79 bits per heavy atom. The molecule has 426 valence electrons. The van der Waals surface area contributed by atoms with E-state index in [1.807, 2.05) is 45.2 Å². The molecule has 3 saturated heterocycles. The van der Waals surface area contributed by atoms with Crippen LogP contribution in [-0.4, -0.2) is 177 Å². The molecule has 4 aliphatic heterocycles. The second-order valence-electron chi connectivity index (χ2n) is 22.2. The molecule has 3 N–H and O–H groups in total. The molecule has 80 heavy (non-hydrogen) atoms. The molecule has 9 rings (SSSR count). The third-order valence-corrected chi connectivity index (χ3v) is 16.0. The van der Waals surface area contributed by atoms with Gasteiger partial charge in [-0.1, -0.05) is 26.0 Å². The molecule has 3 aromatic heterocycles. The lowest BCUT2D eigenvalue weighted by Crippen LogP contribution is -2.62. The summed E-state index contributed by atoms with van der Waals surface area (Å²) in [5, 5.41) is 29.3. The van der Waals surface area contributed by atoms with Crippen molar-refractivity contribution in [3.05, 3.63) is 77.6 Å². The van der Waals surface area contributed by atoms with Gasteiger partial charge >= 0.3 is 12.0 Å². The average Bonchev–Trinajstić information content (AvgIpc) is 4.34. The summed E-state index contributed by atoms with van der Waals surface area (Å²) >= 11 is 0. The van der Waals surface area contributed by atoms with E-state index in [9.17, 15) is 34.3 Å². The number of anilines is 1. The summed E-state index contributed by atoms with van der Waals surface area (Å²) in [6.45, 7) is 12.6. The molecule has 21 nitrogen and oxygen atoms in total. The summed E-state index contributed by atoms with van der Waals surface area (Å²) in [5.74, 6) is -3.58. The van der Waals surface area contributed by atoms with E-state index in [-0.39, 0.29) is 50.2 Å². The van der Waals surface area contributed by atoms with Crippen LogP contribution in [0.15, 0.2) is 55.0 Å². The first kappa shape index (κ1) is 57.1. The van der Waals surface area contributed by atoms with E-state index >= 15 is 8.78 Å². The summed E-state index contributed by atoms with van der Waals surface area (Å²) in [6, 6.07) is 8.74. The predicted octanol–water partition coefficient (Wildman–Crippen LogP) is 5.48. The van der Waals surface area contributed by atoms with E-state index in [1.54, 1.807) is 19.2 Å². The van der Waals surface area contributed by atoms with Gasteiger partial charge in [-0.05, 0) is 106 Å². The number of rotatable bonds is 12.